The Morgan fingerprint density at radius 1 is 1.40 bits per heavy atom. The second-order valence-corrected chi connectivity index (χ2v) is 5.50. The molecule has 1 aromatic rings. The highest BCUT2D eigenvalue weighted by atomic mass is 79.9. The van der Waals surface area contributed by atoms with Crippen molar-refractivity contribution in [3.05, 3.63) is 28.1 Å². The van der Waals surface area contributed by atoms with Crippen LogP contribution in [-0.4, -0.2) is 63.7 Å². The monoisotopic (exact) mass is 344 g/mol. The Hall–Kier alpha value is -1.41. The van der Waals surface area contributed by atoms with Gasteiger partial charge in [-0.2, -0.15) is 0 Å². The fourth-order valence-electron chi connectivity index (χ4n) is 2.30. The third-order valence-corrected chi connectivity index (χ3v) is 3.74. The summed E-state index contributed by atoms with van der Waals surface area (Å²) in [5, 5.41) is 11.6. The van der Waals surface area contributed by atoms with Crippen LogP contribution in [0.1, 0.15) is 16.9 Å². The second-order valence-electron chi connectivity index (χ2n) is 4.71. The smallest absolute Gasteiger partial charge is 0.287 e. The number of aromatic amines is 1. The van der Waals surface area contributed by atoms with E-state index in [0.717, 1.165) is 31.4 Å². The van der Waals surface area contributed by atoms with Crippen molar-refractivity contribution in [2.75, 3.05) is 38.1 Å². The summed E-state index contributed by atoms with van der Waals surface area (Å²) < 4.78 is 0. The zero-order valence-corrected chi connectivity index (χ0v) is 12.6. The summed E-state index contributed by atoms with van der Waals surface area (Å²) in [5.74, 6) is -0.168. The largest absolute Gasteiger partial charge is 0.351 e. The first-order valence-electron chi connectivity index (χ1n) is 6.52. The van der Waals surface area contributed by atoms with Crippen molar-refractivity contribution in [2.24, 2.45) is 0 Å². The standard InChI is InChI=1S/C12H17BrN4O3/c13-2-5-15-3-1-4-16(7-6-15)12(18)11-8-10(9-14-11)17(19)20/h8-9,14H,1-7H2. The van der Waals surface area contributed by atoms with Gasteiger partial charge in [-0.1, -0.05) is 15.9 Å². The van der Waals surface area contributed by atoms with Crippen LogP contribution < -0.4 is 0 Å². The fourth-order valence-corrected chi connectivity index (χ4v) is 2.80. The van der Waals surface area contributed by atoms with Crippen molar-refractivity contribution in [1.29, 1.82) is 0 Å². The third kappa shape index (κ3) is 3.57. The topological polar surface area (TPSA) is 82.5 Å². The number of carbonyl (C=O) groups is 1. The first kappa shape index (κ1) is 15.0. The minimum absolute atomic E-state index is 0.0795. The molecule has 7 nitrogen and oxygen atoms in total. The molecule has 20 heavy (non-hydrogen) atoms. The molecule has 0 saturated carbocycles. The highest BCUT2D eigenvalue weighted by Crippen LogP contribution is 2.15. The van der Waals surface area contributed by atoms with Gasteiger partial charge in [0.1, 0.15) is 5.69 Å². The lowest BCUT2D eigenvalue weighted by atomic mass is 10.3. The molecular formula is C12H17BrN4O3. The maximum Gasteiger partial charge on any atom is 0.287 e. The number of amides is 1. The lowest BCUT2D eigenvalue weighted by Crippen LogP contribution is -2.35. The van der Waals surface area contributed by atoms with Gasteiger partial charge in [-0.25, -0.2) is 0 Å². The molecule has 1 aliphatic heterocycles. The number of nitro groups is 1. The number of hydrogen-bond acceptors (Lipinski definition) is 4. The molecule has 0 aromatic carbocycles. The predicted octanol–water partition coefficient (Wildman–Crippen LogP) is 1.47. The zero-order chi connectivity index (χ0) is 14.5. The summed E-state index contributed by atoms with van der Waals surface area (Å²) in [7, 11) is 0. The molecule has 110 valence electrons. The van der Waals surface area contributed by atoms with E-state index < -0.39 is 4.92 Å². The van der Waals surface area contributed by atoms with Crippen molar-refractivity contribution >= 4 is 27.5 Å². The predicted molar refractivity (Wildman–Crippen MR) is 78.2 cm³/mol. The van der Waals surface area contributed by atoms with E-state index in [1.54, 1.807) is 4.90 Å². The van der Waals surface area contributed by atoms with Gasteiger partial charge in [-0.3, -0.25) is 14.9 Å². The van der Waals surface area contributed by atoms with Crippen molar-refractivity contribution in [3.63, 3.8) is 0 Å². The third-order valence-electron chi connectivity index (χ3n) is 3.39. The zero-order valence-electron chi connectivity index (χ0n) is 11.0. The number of rotatable bonds is 4. The number of hydrogen-bond donors (Lipinski definition) is 1. The maximum absolute atomic E-state index is 12.3. The molecule has 0 atom stereocenters. The van der Waals surface area contributed by atoms with E-state index in [0.29, 0.717) is 13.1 Å². The summed E-state index contributed by atoms with van der Waals surface area (Å²) in [5.41, 5.74) is 0.203. The maximum atomic E-state index is 12.3. The molecule has 1 aliphatic rings. The number of H-pyrrole nitrogens is 1. The number of nitrogens with one attached hydrogen (secondary N) is 1. The molecule has 1 saturated heterocycles. The molecule has 0 bridgehead atoms. The van der Waals surface area contributed by atoms with Gasteiger partial charge < -0.3 is 14.8 Å². The second kappa shape index (κ2) is 6.85. The van der Waals surface area contributed by atoms with Crippen molar-refractivity contribution in [2.45, 2.75) is 6.42 Å². The van der Waals surface area contributed by atoms with Gasteiger partial charge in [-0.05, 0) is 13.0 Å². The summed E-state index contributed by atoms with van der Waals surface area (Å²) in [6.45, 7) is 4.11. The van der Waals surface area contributed by atoms with E-state index in [9.17, 15) is 14.9 Å². The first-order chi connectivity index (χ1) is 9.61. The Morgan fingerprint density at radius 2 is 2.20 bits per heavy atom. The number of nitrogens with zero attached hydrogens (tertiary/aromatic N) is 3. The van der Waals surface area contributed by atoms with E-state index >= 15 is 0 Å². The van der Waals surface area contributed by atoms with Gasteiger partial charge in [-0.15, -0.1) is 0 Å². The van der Waals surface area contributed by atoms with Gasteiger partial charge >= 0.3 is 0 Å². The van der Waals surface area contributed by atoms with Crippen LogP contribution in [0.5, 0.6) is 0 Å². The number of alkyl halides is 1. The average Bonchev–Trinajstić information content (AvgIpc) is 2.80. The van der Waals surface area contributed by atoms with E-state index in [4.69, 9.17) is 0 Å². The van der Waals surface area contributed by atoms with Crippen LogP contribution in [0.4, 0.5) is 5.69 Å². The molecule has 0 spiro atoms. The Balaban J connectivity index is 1.99. The Kier molecular flexibility index (Phi) is 5.13. The molecule has 1 fully saturated rings. The highest BCUT2D eigenvalue weighted by Gasteiger charge is 2.22. The van der Waals surface area contributed by atoms with Crippen molar-refractivity contribution in [3.8, 4) is 0 Å². The molecule has 0 aliphatic carbocycles. The van der Waals surface area contributed by atoms with E-state index in [-0.39, 0.29) is 17.3 Å². The normalized spacial score (nSPS) is 16.9. The average molecular weight is 345 g/mol. The first-order valence-corrected chi connectivity index (χ1v) is 7.64. The van der Waals surface area contributed by atoms with Gasteiger partial charge in [0.15, 0.2) is 0 Å². The summed E-state index contributed by atoms with van der Waals surface area (Å²) in [6, 6.07) is 1.30. The molecule has 0 radical (unpaired) electrons. The molecule has 0 unspecified atom stereocenters. The molecule has 2 heterocycles. The van der Waals surface area contributed by atoms with Gasteiger partial charge in [0.25, 0.3) is 11.6 Å². The molecule has 1 aromatic heterocycles. The van der Waals surface area contributed by atoms with Crippen LogP contribution in [0.2, 0.25) is 0 Å². The van der Waals surface area contributed by atoms with Crippen molar-refractivity contribution in [1.82, 2.24) is 14.8 Å². The summed E-state index contributed by atoms with van der Waals surface area (Å²) in [4.78, 5) is 29.2. The molecule has 2 rings (SSSR count). The van der Waals surface area contributed by atoms with Gasteiger partial charge in [0, 0.05) is 37.6 Å². The van der Waals surface area contributed by atoms with E-state index in [2.05, 4.69) is 25.8 Å². The van der Waals surface area contributed by atoms with E-state index in [1.165, 1.54) is 12.3 Å². The minimum atomic E-state index is -0.507. The number of aromatic nitrogens is 1. The summed E-state index contributed by atoms with van der Waals surface area (Å²) >= 11 is 3.42. The Bertz CT molecular complexity index is 491. The van der Waals surface area contributed by atoms with Gasteiger partial charge in [0.05, 0.1) is 11.1 Å². The van der Waals surface area contributed by atoms with Crippen LogP contribution in [0, 0.1) is 10.1 Å². The lowest BCUT2D eigenvalue weighted by molar-refractivity contribution is -0.384. The van der Waals surface area contributed by atoms with Gasteiger partial charge in [0.2, 0.25) is 0 Å². The quantitative estimate of drug-likeness (QED) is 0.509. The number of carbonyl (C=O) groups excluding carboxylic acids is 1. The Labute approximate surface area is 125 Å². The van der Waals surface area contributed by atoms with Crippen LogP contribution >= 0.6 is 15.9 Å². The van der Waals surface area contributed by atoms with Crippen LogP contribution in [0.25, 0.3) is 0 Å². The Morgan fingerprint density at radius 3 is 2.85 bits per heavy atom. The SMILES string of the molecule is O=C(c1cc([N+](=O)[O-])c[nH]1)N1CCCN(CCBr)CC1. The van der Waals surface area contributed by atoms with Crippen LogP contribution in [-0.2, 0) is 0 Å². The van der Waals surface area contributed by atoms with Crippen molar-refractivity contribution < 1.29 is 9.72 Å². The lowest BCUT2D eigenvalue weighted by Gasteiger charge is -2.20. The molecule has 1 N–H and O–H groups in total. The number of halogens is 1. The van der Waals surface area contributed by atoms with E-state index in [1.807, 2.05) is 0 Å². The molecular weight excluding hydrogens is 328 g/mol. The summed E-state index contributed by atoms with van der Waals surface area (Å²) in [6.07, 6.45) is 2.17. The molecule has 1 amide bonds. The molecule has 8 heteroatoms. The fraction of sp³-hybridized carbons (Fsp3) is 0.583. The van der Waals surface area contributed by atoms with Crippen LogP contribution in [0.3, 0.4) is 0 Å². The highest BCUT2D eigenvalue weighted by molar-refractivity contribution is 9.09. The minimum Gasteiger partial charge on any atom is -0.351 e. The van der Waals surface area contributed by atoms with Crippen LogP contribution in [0.15, 0.2) is 12.3 Å².